The Morgan fingerprint density at radius 1 is 1.10 bits per heavy atom. The zero-order valence-electron chi connectivity index (χ0n) is 13.9. The molecule has 2 fully saturated rings. The lowest BCUT2D eigenvalue weighted by Gasteiger charge is -2.43. The first-order valence-electron chi connectivity index (χ1n) is 8.16. The molecule has 2 aliphatic rings. The average Bonchev–Trinajstić information content (AvgIpc) is 2.41. The summed E-state index contributed by atoms with van der Waals surface area (Å²) in [5.41, 5.74) is 0. The summed E-state index contributed by atoms with van der Waals surface area (Å²) in [6, 6.07) is 0.594. The van der Waals surface area contributed by atoms with Crippen LogP contribution in [0.3, 0.4) is 0 Å². The van der Waals surface area contributed by atoms with Gasteiger partial charge in [0.2, 0.25) is 10.0 Å². The number of sulfonamides is 1. The molecule has 6 heteroatoms. The topological polar surface area (TPSA) is 52.6 Å². The van der Waals surface area contributed by atoms with Crippen molar-refractivity contribution in [1.29, 1.82) is 0 Å². The SMILES string of the molecule is CNC1CC(C)CC(C)C1CN1CCN(S(C)(=O)=O)CC1. The van der Waals surface area contributed by atoms with Crippen LogP contribution in [0, 0.1) is 17.8 Å². The number of piperazine rings is 1. The maximum atomic E-state index is 11.6. The molecule has 21 heavy (non-hydrogen) atoms. The predicted molar refractivity (Wildman–Crippen MR) is 86.8 cm³/mol. The molecule has 4 unspecified atom stereocenters. The number of hydrogen-bond acceptors (Lipinski definition) is 4. The van der Waals surface area contributed by atoms with Crippen molar-refractivity contribution >= 4 is 10.0 Å². The van der Waals surface area contributed by atoms with E-state index >= 15 is 0 Å². The van der Waals surface area contributed by atoms with Gasteiger partial charge in [0, 0.05) is 38.8 Å². The van der Waals surface area contributed by atoms with Gasteiger partial charge in [-0.3, -0.25) is 0 Å². The molecule has 5 nitrogen and oxygen atoms in total. The minimum Gasteiger partial charge on any atom is -0.317 e. The summed E-state index contributed by atoms with van der Waals surface area (Å²) in [4.78, 5) is 2.45. The van der Waals surface area contributed by atoms with Gasteiger partial charge >= 0.3 is 0 Å². The average molecular weight is 317 g/mol. The number of rotatable bonds is 4. The van der Waals surface area contributed by atoms with E-state index in [4.69, 9.17) is 0 Å². The summed E-state index contributed by atoms with van der Waals surface area (Å²) < 4.78 is 24.7. The molecule has 0 aromatic heterocycles. The van der Waals surface area contributed by atoms with Crippen molar-refractivity contribution < 1.29 is 8.42 Å². The molecule has 1 aliphatic heterocycles. The van der Waals surface area contributed by atoms with Crippen LogP contribution >= 0.6 is 0 Å². The molecule has 124 valence electrons. The predicted octanol–water partition coefficient (Wildman–Crippen LogP) is 0.834. The van der Waals surface area contributed by atoms with Crippen LogP contribution in [0.4, 0.5) is 0 Å². The van der Waals surface area contributed by atoms with Crippen LogP contribution in [-0.2, 0) is 10.0 Å². The van der Waals surface area contributed by atoms with Gasteiger partial charge in [-0.15, -0.1) is 0 Å². The van der Waals surface area contributed by atoms with E-state index in [1.807, 2.05) is 0 Å². The van der Waals surface area contributed by atoms with Gasteiger partial charge in [-0.05, 0) is 37.6 Å². The largest absolute Gasteiger partial charge is 0.317 e. The Hall–Kier alpha value is -0.170. The normalized spacial score (nSPS) is 36.8. The van der Waals surface area contributed by atoms with Gasteiger partial charge in [-0.2, -0.15) is 4.31 Å². The number of nitrogens with one attached hydrogen (secondary N) is 1. The first-order valence-corrected chi connectivity index (χ1v) is 10.0. The number of hydrogen-bond donors (Lipinski definition) is 1. The van der Waals surface area contributed by atoms with Crippen LogP contribution in [0.25, 0.3) is 0 Å². The summed E-state index contributed by atoms with van der Waals surface area (Å²) in [6.45, 7) is 8.82. The molecule has 1 saturated heterocycles. The second-order valence-electron chi connectivity index (χ2n) is 7.08. The van der Waals surface area contributed by atoms with Crippen LogP contribution in [-0.4, -0.2) is 69.7 Å². The Bertz CT molecular complexity index is 432. The second kappa shape index (κ2) is 6.94. The van der Waals surface area contributed by atoms with Gasteiger partial charge in [0.05, 0.1) is 6.26 Å². The molecule has 2 rings (SSSR count). The van der Waals surface area contributed by atoms with Crippen molar-refractivity contribution in [2.24, 2.45) is 17.8 Å². The molecular formula is C15H31N3O2S. The lowest BCUT2D eigenvalue weighted by molar-refractivity contribution is 0.0872. The highest BCUT2D eigenvalue weighted by Crippen LogP contribution is 2.34. The quantitative estimate of drug-likeness (QED) is 0.835. The fraction of sp³-hybridized carbons (Fsp3) is 1.00. The highest BCUT2D eigenvalue weighted by atomic mass is 32.2. The zero-order chi connectivity index (χ0) is 15.6. The zero-order valence-corrected chi connectivity index (χ0v) is 14.7. The van der Waals surface area contributed by atoms with Crippen molar-refractivity contribution in [1.82, 2.24) is 14.5 Å². The van der Waals surface area contributed by atoms with Crippen molar-refractivity contribution in [3.63, 3.8) is 0 Å². The fourth-order valence-corrected chi connectivity index (χ4v) is 4.92. The van der Waals surface area contributed by atoms with Crippen LogP contribution in [0.1, 0.15) is 26.7 Å². The Labute approximate surface area is 130 Å². The molecule has 0 aromatic carbocycles. The van der Waals surface area contributed by atoms with E-state index < -0.39 is 10.0 Å². The van der Waals surface area contributed by atoms with Crippen LogP contribution in [0.15, 0.2) is 0 Å². The Balaban J connectivity index is 1.90. The van der Waals surface area contributed by atoms with Gasteiger partial charge in [0.1, 0.15) is 0 Å². The molecular weight excluding hydrogens is 286 g/mol. The third kappa shape index (κ3) is 4.41. The minimum absolute atomic E-state index is 0.594. The lowest BCUT2D eigenvalue weighted by Crippen LogP contribution is -2.53. The summed E-state index contributed by atoms with van der Waals surface area (Å²) in [7, 11) is -0.948. The van der Waals surface area contributed by atoms with Crippen molar-refractivity contribution in [2.45, 2.75) is 32.7 Å². The summed E-state index contributed by atoms with van der Waals surface area (Å²) in [6.07, 6.45) is 3.88. The van der Waals surface area contributed by atoms with E-state index in [-0.39, 0.29) is 0 Å². The lowest BCUT2D eigenvalue weighted by atomic mass is 9.72. The third-order valence-corrected chi connectivity index (χ3v) is 6.62. The van der Waals surface area contributed by atoms with Crippen molar-refractivity contribution in [2.75, 3.05) is 46.0 Å². The molecule has 1 heterocycles. The molecule has 1 N–H and O–H groups in total. The van der Waals surface area contributed by atoms with Crippen molar-refractivity contribution in [3.8, 4) is 0 Å². The van der Waals surface area contributed by atoms with Gasteiger partial charge in [-0.1, -0.05) is 13.8 Å². The maximum absolute atomic E-state index is 11.6. The van der Waals surface area contributed by atoms with E-state index in [1.165, 1.54) is 19.1 Å². The first kappa shape index (κ1) is 17.2. The smallest absolute Gasteiger partial charge is 0.211 e. The highest BCUT2D eigenvalue weighted by molar-refractivity contribution is 7.88. The Morgan fingerprint density at radius 3 is 2.24 bits per heavy atom. The van der Waals surface area contributed by atoms with Gasteiger partial charge < -0.3 is 10.2 Å². The molecule has 1 saturated carbocycles. The minimum atomic E-state index is -3.02. The van der Waals surface area contributed by atoms with Crippen molar-refractivity contribution in [3.05, 3.63) is 0 Å². The molecule has 0 spiro atoms. The summed E-state index contributed by atoms with van der Waals surface area (Å²) in [5, 5.41) is 3.50. The van der Waals surface area contributed by atoms with Gasteiger partial charge in [-0.25, -0.2) is 8.42 Å². The summed E-state index contributed by atoms with van der Waals surface area (Å²) in [5.74, 6) is 2.21. The van der Waals surface area contributed by atoms with Crippen LogP contribution in [0.5, 0.6) is 0 Å². The Morgan fingerprint density at radius 2 is 1.71 bits per heavy atom. The Kier molecular flexibility index (Phi) is 5.68. The molecule has 1 aliphatic carbocycles. The molecule has 0 aromatic rings. The van der Waals surface area contributed by atoms with E-state index in [0.29, 0.717) is 25.0 Å². The standard InChI is InChI=1S/C15H31N3O2S/c1-12-9-13(2)14(15(10-12)16-3)11-17-5-7-18(8-6-17)21(4,19)20/h12-16H,5-11H2,1-4H3. The van der Waals surface area contributed by atoms with E-state index in [9.17, 15) is 8.42 Å². The highest BCUT2D eigenvalue weighted by Gasteiger charge is 2.35. The molecule has 0 radical (unpaired) electrons. The second-order valence-corrected chi connectivity index (χ2v) is 9.06. The van der Waals surface area contributed by atoms with Gasteiger partial charge in [0.15, 0.2) is 0 Å². The molecule has 0 amide bonds. The molecule has 0 bridgehead atoms. The fourth-order valence-electron chi connectivity index (χ4n) is 4.09. The molecule has 4 atom stereocenters. The summed E-state index contributed by atoms with van der Waals surface area (Å²) >= 11 is 0. The third-order valence-electron chi connectivity index (χ3n) is 5.32. The number of nitrogens with zero attached hydrogens (tertiary/aromatic N) is 2. The van der Waals surface area contributed by atoms with E-state index in [0.717, 1.165) is 31.5 Å². The first-order chi connectivity index (χ1) is 9.81. The maximum Gasteiger partial charge on any atom is 0.211 e. The van der Waals surface area contributed by atoms with Gasteiger partial charge in [0.25, 0.3) is 0 Å². The van der Waals surface area contributed by atoms with Crippen LogP contribution in [0.2, 0.25) is 0 Å². The monoisotopic (exact) mass is 317 g/mol. The van der Waals surface area contributed by atoms with E-state index in [1.54, 1.807) is 4.31 Å². The van der Waals surface area contributed by atoms with Crippen LogP contribution < -0.4 is 5.32 Å². The van der Waals surface area contributed by atoms with E-state index in [2.05, 4.69) is 31.1 Å².